The molecule has 26 heavy (non-hydrogen) atoms. The van der Waals surface area contributed by atoms with E-state index in [-0.39, 0.29) is 35.7 Å². The van der Waals surface area contributed by atoms with E-state index < -0.39 is 10.7 Å². The molecule has 1 atom stereocenters. The van der Waals surface area contributed by atoms with Crippen LogP contribution in [0.5, 0.6) is 0 Å². The van der Waals surface area contributed by atoms with Crippen molar-refractivity contribution in [2.75, 3.05) is 0 Å². The van der Waals surface area contributed by atoms with Gasteiger partial charge in [-0.15, -0.1) is 11.3 Å². The summed E-state index contributed by atoms with van der Waals surface area (Å²) in [5, 5.41) is 15.7. The number of oxazole rings is 1. The summed E-state index contributed by atoms with van der Waals surface area (Å²) >= 11 is 1.55. The van der Waals surface area contributed by atoms with Crippen LogP contribution in [0.1, 0.15) is 24.8 Å². The first-order valence-corrected chi connectivity index (χ1v) is 8.85. The predicted molar refractivity (Wildman–Crippen MR) is 97.2 cm³/mol. The highest BCUT2D eigenvalue weighted by molar-refractivity contribution is 7.10. The summed E-state index contributed by atoms with van der Waals surface area (Å²) in [6.45, 7) is 3.78. The largest absolute Gasteiger partial charge is 0.420 e. The summed E-state index contributed by atoms with van der Waals surface area (Å²) in [4.78, 5) is 35.8. The second-order valence-electron chi connectivity index (χ2n) is 6.17. The third kappa shape index (κ3) is 3.52. The average molecular weight is 375 g/mol. The van der Waals surface area contributed by atoms with Gasteiger partial charge in [-0.05, 0) is 23.4 Å². The molecule has 0 saturated carbocycles. The topological polar surface area (TPSA) is 107 Å². The van der Waals surface area contributed by atoms with E-state index in [1.807, 2.05) is 31.4 Å². The number of rotatable bonds is 6. The maximum atomic E-state index is 12.5. The van der Waals surface area contributed by atoms with Crippen LogP contribution in [0.25, 0.3) is 11.1 Å². The van der Waals surface area contributed by atoms with Gasteiger partial charge >= 0.3 is 5.76 Å². The molecular formula is C17H17N3O5S. The van der Waals surface area contributed by atoms with Crippen molar-refractivity contribution in [1.82, 2.24) is 9.88 Å². The molecule has 136 valence electrons. The molecule has 2 heterocycles. The first-order chi connectivity index (χ1) is 12.4. The number of non-ortho nitro benzene ring substituents is 1. The van der Waals surface area contributed by atoms with Crippen LogP contribution in [0.4, 0.5) is 5.69 Å². The van der Waals surface area contributed by atoms with Gasteiger partial charge in [0.1, 0.15) is 6.54 Å². The lowest BCUT2D eigenvalue weighted by Gasteiger charge is -2.21. The zero-order valence-corrected chi connectivity index (χ0v) is 15.0. The van der Waals surface area contributed by atoms with Crippen LogP contribution in [0.3, 0.4) is 0 Å². The van der Waals surface area contributed by atoms with Crippen molar-refractivity contribution >= 4 is 34.0 Å². The molecule has 9 heteroatoms. The molecule has 0 saturated heterocycles. The number of benzene rings is 1. The Balaban J connectivity index is 1.84. The fourth-order valence-corrected chi connectivity index (χ4v) is 3.66. The number of nitrogens with zero attached hydrogens (tertiary/aromatic N) is 2. The molecule has 0 aliphatic rings. The Bertz CT molecular complexity index is 1000. The standard InChI is InChI=1S/C17H17N3O5S/c1-10(2)16(14-4-3-7-26-14)18-15(21)9-19-12-6-5-11(20(23)24)8-13(12)25-17(19)22/h3-8,10,16H,9H2,1-2H3,(H,18,21)/t16-/m0/s1. The number of nitrogens with one attached hydrogen (secondary N) is 1. The van der Waals surface area contributed by atoms with Gasteiger partial charge in [0.2, 0.25) is 5.91 Å². The minimum absolute atomic E-state index is 0.0793. The molecular weight excluding hydrogens is 358 g/mol. The fourth-order valence-electron chi connectivity index (χ4n) is 2.72. The second-order valence-corrected chi connectivity index (χ2v) is 7.15. The zero-order valence-electron chi connectivity index (χ0n) is 14.2. The van der Waals surface area contributed by atoms with Crippen LogP contribution in [-0.2, 0) is 11.3 Å². The fraction of sp³-hybridized carbons (Fsp3) is 0.294. The van der Waals surface area contributed by atoms with Crippen LogP contribution in [0, 0.1) is 16.0 Å². The highest BCUT2D eigenvalue weighted by atomic mass is 32.1. The summed E-state index contributed by atoms with van der Waals surface area (Å²) in [5.74, 6) is -0.883. The normalized spacial score (nSPS) is 12.4. The van der Waals surface area contributed by atoms with Gasteiger partial charge in [0.25, 0.3) is 5.69 Å². The molecule has 0 aliphatic carbocycles. The van der Waals surface area contributed by atoms with Crippen LogP contribution in [-0.4, -0.2) is 15.4 Å². The van der Waals surface area contributed by atoms with Crippen molar-refractivity contribution in [3.05, 3.63) is 61.3 Å². The van der Waals surface area contributed by atoms with E-state index in [4.69, 9.17) is 4.42 Å². The lowest BCUT2D eigenvalue weighted by molar-refractivity contribution is -0.384. The molecule has 2 aromatic heterocycles. The highest BCUT2D eigenvalue weighted by Crippen LogP contribution is 2.26. The van der Waals surface area contributed by atoms with E-state index in [0.717, 1.165) is 4.88 Å². The number of aromatic nitrogens is 1. The maximum Gasteiger partial charge on any atom is 0.420 e. The molecule has 0 fully saturated rings. The molecule has 0 radical (unpaired) electrons. The Labute approximate surface area is 152 Å². The third-order valence-electron chi connectivity index (χ3n) is 4.00. The van der Waals surface area contributed by atoms with E-state index in [0.29, 0.717) is 5.52 Å². The van der Waals surface area contributed by atoms with Crippen LogP contribution in [0.2, 0.25) is 0 Å². The highest BCUT2D eigenvalue weighted by Gasteiger charge is 2.21. The summed E-state index contributed by atoms with van der Waals surface area (Å²) in [5.41, 5.74) is 0.240. The van der Waals surface area contributed by atoms with E-state index in [1.54, 1.807) is 11.3 Å². The van der Waals surface area contributed by atoms with Gasteiger partial charge in [-0.2, -0.15) is 0 Å². The lowest BCUT2D eigenvalue weighted by atomic mass is 10.0. The molecule has 1 amide bonds. The van der Waals surface area contributed by atoms with Crippen molar-refractivity contribution in [2.24, 2.45) is 5.92 Å². The van der Waals surface area contributed by atoms with Crippen LogP contribution < -0.4 is 11.1 Å². The van der Waals surface area contributed by atoms with E-state index in [9.17, 15) is 19.7 Å². The molecule has 3 rings (SSSR count). The van der Waals surface area contributed by atoms with Crippen LogP contribution >= 0.6 is 11.3 Å². The van der Waals surface area contributed by atoms with Crippen LogP contribution in [0.15, 0.2) is 44.9 Å². The third-order valence-corrected chi connectivity index (χ3v) is 4.95. The number of fused-ring (bicyclic) bond motifs is 1. The van der Waals surface area contributed by atoms with Gasteiger partial charge < -0.3 is 9.73 Å². The monoisotopic (exact) mass is 375 g/mol. The molecule has 0 aliphatic heterocycles. The number of nitro benzene ring substituents is 1. The molecule has 8 nitrogen and oxygen atoms in total. The number of carbonyl (C=O) groups excluding carboxylic acids is 1. The molecule has 3 aromatic rings. The van der Waals surface area contributed by atoms with Gasteiger partial charge in [0.05, 0.1) is 22.5 Å². The first-order valence-electron chi connectivity index (χ1n) is 7.97. The quantitative estimate of drug-likeness (QED) is 0.526. The molecule has 0 bridgehead atoms. The molecule has 1 aromatic carbocycles. The van der Waals surface area contributed by atoms with Crippen molar-refractivity contribution < 1.29 is 14.1 Å². The Morgan fingerprint density at radius 2 is 2.15 bits per heavy atom. The smallest absolute Gasteiger partial charge is 0.407 e. The summed E-state index contributed by atoms with van der Waals surface area (Å²) in [7, 11) is 0. The number of carbonyl (C=O) groups is 1. The number of thiophene rings is 1. The number of hydrogen-bond donors (Lipinski definition) is 1. The maximum absolute atomic E-state index is 12.5. The zero-order chi connectivity index (χ0) is 18.8. The number of nitro groups is 1. The Morgan fingerprint density at radius 3 is 2.77 bits per heavy atom. The van der Waals surface area contributed by atoms with Crippen molar-refractivity contribution in [2.45, 2.75) is 26.4 Å². The van der Waals surface area contributed by atoms with E-state index >= 15 is 0 Å². The second kappa shape index (κ2) is 7.12. The van der Waals surface area contributed by atoms with Crippen molar-refractivity contribution in [1.29, 1.82) is 0 Å². The van der Waals surface area contributed by atoms with Gasteiger partial charge in [-0.3, -0.25) is 19.5 Å². The van der Waals surface area contributed by atoms with E-state index in [2.05, 4.69) is 5.32 Å². The predicted octanol–water partition coefficient (Wildman–Crippen LogP) is 3.08. The average Bonchev–Trinajstić information content (AvgIpc) is 3.20. The Morgan fingerprint density at radius 1 is 1.38 bits per heavy atom. The van der Waals surface area contributed by atoms with Crippen molar-refractivity contribution in [3.8, 4) is 0 Å². The van der Waals surface area contributed by atoms with Gasteiger partial charge in [-0.1, -0.05) is 19.9 Å². The minimum Gasteiger partial charge on any atom is -0.407 e. The lowest BCUT2D eigenvalue weighted by Crippen LogP contribution is -2.35. The molecule has 0 unspecified atom stereocenters. The summed E-state index contributed by atoms with van der Waals surface area (Å²) in [6, 6.07) is 7.57. The first kappa shape index (κ1) is 17.9. The van der Waals surface area contributed by atoms with Gasteiger partial charge in [0, 0.05) is 10.9 Å². The van der Waals surface area contributed by atoms with Crippen molar-refractivity contribution in [3.63, 3.8) is 0 Å². The van der Waals surface area contributed by atoms with E-state index in [1.165, 1.54) is 22.8 Å². The van der Waals surface area contributed by atoms with Gasteiger partial charge in [0.15, 0.2) is 5.58 Å². The Kier molecular flexibility index (Phi) is 4.90. The summed E-state index contributed by atoms with van der Waals surface area (Å²) < 4.78 is 6.21. The number of hydrogen-bond acceptors (Lipinski definition) is 6. The Hall–Kier alpha value is -2.94. The minimum atomic E-state index is -0.729. The molecule has 0 spiro atoms. The molecule has 1 N–H and O–H groups in total. The SMILES string of the molecule is CC(C)[C@H](NC(=O)Cn1c(=O)oc2cc([N+](=O)[O-])ccc21)c1cccs1. The van der Waals surface area contributed by atoms with Gasteiger partial charge in [-0.25, -0.2) is 4.79 Å². The number of amides is 1. The summed E-state index contributed by atoms with van der Waals surface area (Å²) in [6.07, 6.45) is 0.